The molecule has 3 heteroatoms. The fourth-order valence-electron chi connectivity index (χ4n) is 3.49. The van der Waals surface area contributed by atoms with Crippen molar-refractivity contribution in [2.75, 3.05) is 0 Å². The lowest BCUT2D eigenvalue weighted by Gasteiger charge is -2.08. The number of hydrogen-bond donors (Lipinski definition) is 1. The molecule has 0 unspecified atom stereocenters. The number of aromatic amines is 1. The summed E-state index contributed by atoms with van der Waals surface area (Å²) >= 11 is 0. The van der Waals surface area contributed by atoms with Gasteiger partial charge in [0, 0.05) is 17.1 Å². The van der Waals surface area contributed by atoms with E-state index in [2.05, 4.69) is 4.98 Å². The normalized spacial score (nSPS) is 18.0. The van der Waals surface area contributed by atoms with Gasteiger partial charge in [0.25, 0.3) is 0 Å². The van der Waals surface area contributed by atoms with E-state index in [1.165, 1.54) is 44.6 Å². The van der Waals surface area contributed by atoms with Gasteiger partial charge in [0.15, 0.2) is 0 Å². The summed E-state index contributed by atoms with van der Waals surface area (Å²) in [5.41, 5.74) is 2.75. The van der Waals surface area contributed by atoms with Gasteiger partial charge in [-0.25, -0.2) is 8.78 Å². The molecule has 1 heterocycles. The van der Waals surface area contributed by atoms with Gasteiger partial charge in [0.2, 0.25) is 0 Å². The molecule has 1 aliphatic rings. The Bertz CT molecular complexity index is 615. The molecule has 0 bridgehead atoms. The van der Waals surface area contributed by atoms with Gasteiger partial charge in [0.05, 0.1) is 5.52 Å². The molecular formula is C18H23F2N. The van der Waals surface area contributed by atoms with E-state index in [1.807, 2.05) is 0 Å². The van der Waals surface area contributed by atoms with Crippen molar-refractivity contribution in [3.05, 3.63) is 35.0 Å². The topological polar surface area (TPSA) is 15.8 Å². The summed E-state index contributed by atoms with van der Waals surface area (Å²) in [7, 11) is 0. The molecule has 114 valence electrons. The van der Waals surface area contributed by atoms with Crippen LogP contribution in [0.2, 0.25) is 0 Å². The molecule has 0 saturated carbocycles. The highest BCUT2D eigenvalue weighted by Gasteiger charge is 2.15. The molecule has 0 fully saturated rings. The Morgan fingerprint density at radius 1 is 0.762 bits per heavy atom. The lowest BCUT2D eigenvalue weighted by atomic mass is 9.98. The molecule has 21 heavy (non-hydrogen) atoms. The zero-order chi connectivity index (χ0) is 14.7. The van der Waals surface area contributed by atoms with E-state index < -0.39 is 11.6 Å². The highest BCUT2D eigenvalue weighted by atomic mass is 19.1. The van der Waals surface area contributed by atoms with Crippen molar-refractivity contribution in [1.82, 2.24) is 4.98 Å². The number of benzene rings is 1. The second-order valence-corrected chi connectivity index (χ2v) is 6.22. The molecular weight excluding hydrogens is 268 g/mol. The molecule has 1 aliphatic carbocycles. The smallest absolute Gasteiger partial charge is 0.150 e. The Balaban J connectivity index is 1.96. The van der Waals surface area contributed by atoms with Crippen LogP contribution in [0.4, 0.5) is 8.78 Å². The first-order valence-corrected chi connectivity index (χ1v) is 8.24. The first-order valence-electron chi connectivity index (χ1n) is 8.24. The number of aromatic nitrogens is 1. The van der Waals surface area contributed by atoms with Crippen LogP contribution in [-0.2, 0) is 12.8 Å². The number of rotatable bonds is 0. The van der Waals surface area contributed by atoms with Gasteiger partial charge < -0.3 is 4.98 Å². The number of H-pyrrole nitrogens is 1. The maximum Gasteiger partial charge on any atom is 0.150 e. The van der Waals surface area contributed by atoms with Crippen LogP contribution in [0.5, 0.6) is 0 Å². The van der Waals surface area contributed by atoms with Crippen molar-refractivity contribution in [2.45, 2.75) is 64.2 Å². The van der Waals surface area contributed by atoms with E-state index in [1.54, 1.807) is 0 Å². The summed E-state index contributed by atoms with van der Waals surface area (Å²) < 4.78 is 27.5. The summed E-state index contributed by atoms with van der Waals surface area (Å²) in [5.74, 6) is -0.949. The lowest BCUT2D eigenvalue weighted by Crippen LogP contribution is -1.95. The third-order valence-corrected chi connectivity index (χ3v) is 4.62. The van der Waals surface area contributed by atoms with Gasteiger partial charge in [-0.3, -0.25) is 0 Å². The summed E-state index contributed by atoms with van der Waals surface area (Å²) in [6.45, 7) is 0. The standard InChI is InChI=1S/C18H23F2N/c19-13-11-15-14-9-7-5-3-1-2-4-6-8-10-17(14)21-18(15)16(20)12-13/h11-12,21H,1-10H2. The van der Waals surface area contributed by atoms with Crippen LogP contribution in [0.3, 0.4) is 0 Å². The van der Waals surface area contributed by atoms with E-state index in [-0.39, 0.29) is 0 Å². The minimum Gasteiger partial charge on any atom is -0.356 e. The highest BCUT2D eigenvalue weighted by molar-refractivity contribution is 5.85. The number of fused-ring (bicyclic) bond motifs is 3. The Labute approximate surface area is 124 Å². The third kappa shape index (κ3) is 3.28. The van der Waals surface area contributed by atoms with Crippen molar-refractivity contribution >= 4 is 10.9 Å². The molecule has 3 rings (SSSR count). The van der Waals surface area contributed by atoms with E-state index in [0.29, 0.717) is 5.52 Å². The molecule has 0 saturated heterocycles. The minimum atomic E-state index is -0.479. The molecule has 0 aliphatic heterocycles. The quantitative estimate of drug-likeness (QED) is 0.644. The molecule has 1 nitrogen and oxygen atoms in total. The average molecular weight is 291 g/mol. The largest absolute Gasteiger partial charge is 0.356 e. The molecule has 0 spiro atoms. The second-order valence-electron chi connectivity index (χ2n) is 6.22. The number of halogens is 2. The molecule has 2 aromatic rings. The van der Waals surface area contributed by atoms with E-state index in [9.17, 15) is 8.78 Å². The highest BCUT2D eigenvalue weighted by Crippen LogP contribution is 2.29. The first kappa shape index (κ1) is 14.6. The molecule has 1 N–H and O–H groups in total. The van der Waals surface area contributed by atoms with Gasteiger partial charge in [-0.15, -0.1) is 0 Å². The summed E-state index contributed by atoms with van der Waals surface area (Å²) in [4.78, 5) is 3.22. The van der Waals surface area contributed by atoms with Gasteiger partial charge in [-0.05, 0) is 37.3 Å². The molecule has 0 amide bonds. The van der Waals surface area contributed by atoms with Crippen molar-refractivity contribution in [2.24, 2.45) is 0 Å². The maximum absolute atomic E-state index is 14.0. The zero-order valence-electron chi connectivity index (χ0n) is 12.5. The molecule has 1 aromatic carbocycles. The fourth-order valence-corrected chi connectivity index (χ4v) is 3.49. The van der Waals surface area contributed by atoms with E-state index >= 15 is 0 Å². The van der Waals surface area contributed by atoms with Crippen LogP contribution in [0.25, 0.3) is 10.9 Å². The monoisotopic (exact) mass is 291 g/mol. The van der Waals surface area contributed by atoms with Gasteiger partial charge >= 0.3 is 0 Å². The maximum atomic E-state index is 14.0. The van der Waals surface area contributed by atoms with E-state index in [0.717, 1.165) is 48.4 Å². The predicted molar refractivity (Wildman–Crippen MR) is 82.6 cm³/mol. The number of nitrogens with one attached hydrogen (secondary N) is 1. The van der Waals surface area contributed by atoms with Crippen molar-refractivity contribution in [3.8, 4) is 0 Å². The van der Waals surface area contributed by atoms with Crippen LogP contribution >= 0.6 is 0 Å². The molecule has 0 radical (unpaired) electrons. The van der Waals surface area contributed by atoms with Crippen LogP contribution in [0, 0.1) is 11.6 Å². The number of aryl methyl sites for hydroxylation is 2. The van der Waals surface area contributed by atoms with Crippen molar-refractivity contribution < 1.29 is 8.78 Å². The summed E-state index contributed by atoms with van der Waals surface area (Å²) in [6, 6.07) is 2.46. The molecule has 1 aromatic heterocycles. The Hall–Kier alpha value is -1.38. The van der Waals surface area contributed by atoms with Gasteiger partial charge in [-0.2, -0.15) is 0 Å². The van der Waals surface area contributed by atoms with Gasteiger partial charge in [0.1, 0.15) is 11.6 Å². The van der Waals surface area contributed by atoms with Crippen LogP contribution in [-0.4, -0.2) is 4.98 Å². The van der Waals surface area contributed by atoms with E-state index in [4.69, 9.17) is 0 Å². The summed E-state index contributed by atoms with van der Waals surface area (Å²) in [6.07, 6.45) is 11.8. The Kier molecular flexibility index (Phi) is 4.57. The SMILES string of the molecule is Fc1cc(F)c2[nH]c3c(c2c1)CCCCCCCCCC3. The van der Waals surface area contributed by atoms with Crippen LogP contribution in [0.15, 0.2) is 12.1 Å². The molecule has 0 atom stereocenters. The second kappa shape index (κ2) is 6.59. The fraction of sp³-hybridized carbons (Fsp3) is 0.556. The third-order valence-electron chi connectivity index (χ3n) is 4.62. The Morgan fingerprint density at radius 3 is 2.10 bits per heavy atom. The first-order chi connectivity index (χ1) is 10.3. The van der Waals surface area contributed by atoms with Crippen molar-refractivity contribution in [3.63, 3.8) is 0 Å². The lowest BCUT2D eigenvalue weighted by molar-refractivity contribution is 0.559. The minimum absolute atomic E-state index is 0.471. The van der Waals surface area contributed by atoms with Crippen LogP contribution in [0.1, 0.15) is 62.6 Å². The predicted octanol–water partition coefficient (Wildman–Crippen LogP) is 5.67. The van der Waals surface area contributed by atoms with Gasteiger partial charge in [-0.1, -0.05) is 38.5 Å². The van der Waals surface area contributed by atoms with Crippen molar-refractivity contribution in [1.29, 1.82) is 0 Å². The summed E-state index contributed by atoms with van der Waals surface area (Å²) in [5, 5.41) is 0.750. The zero-order valence-corrected chi connectivity index (χ0v) is 12.5. The average Bonchev–Trinajstić information content (AvgIpc) is 2.77. The Morgan fingerprint density at radius 2 is 1.38 bits per heavy atom. The van der Waals surface area contributed by atoms with Crippen LogP contribution < -0.4 is 0 Å². The number of hydrogen-bond acceptors (Lipinski definition) is 0.